The van der Waals surface area contributed by atoms with Crippen LogP contribution in [0.2, 0.25) is 0 Å². The lowest BCUT2D eigenvalue weighted by atomic mass is 10.1. The first kappa shape index (κ1) is 20.5. The summed E-state index contributed by atoms with van der Waals surface area (Å²) in [5.74, 6) is 1.88. The van der Waals surface area contributed by atoms with Crippen LogP contribution < -0.4 is 9.47 Å². The Hall–Kier alpha value is -2.19. The highest BCUT2D eigenvalue weighted by molar-refractivity contribution is 7.89. The Morgan fingerprint density at radius 2 is 1.71 bits per heavy atom. The van der Waals surface area contributed by atoms with Crippen LogP contribution in [0.1, 0.15) is 38.2 Å². The Bertz CT molecular complexity index is 885. The predicted octanol–water partition coefficient (Wildman–Crippen LogP) is 3.11. The molecule has 1 aromatic carbocycles. The van der Waals surface area contributed by atoms with E-state index in [0.29, 0.717) is 43.4 Å². The first-order valence-corrected chi connectivity index (χ1v) is 10.9. The molecule has 2 heterocycles. The van der Waals surface area contributed by atoms with E-state index < -0.39 is 10.0 Å². The van der Waals surface area contributed by atoms with Gasteiger partial charge < -0.3 is 9.47 Å². The molecule has 28 heavy (non-hydrogen) atoms. The van der Waals surface area contributed by atoms with Gasteiger partial charge in [0.2, 0.25) is 15.9 Å². The molecule has 1 aliphatic rings. The van der Waals surface area contributed by atoms with Crippen LogP contribution in [0, 0.1) is 13.8 Å². The largest absolute Gasteiger partial charge is 0.491 e. The van der Waals surface area contributed by atoms with E-state index in [1.54, 1.807) is 30.3 Å². The summed E-state index contributed by atoms with van der Waals surface area (Å²) in [7, 11) is -3.52. The van der Waals surface area contributed by atoms with Crippen molar-refractivity contribution >= 4 is 10.0 Å². The Morgan fingerprint density at radius 3 is 2.29 bits per heavy atom. The normalized spacial score (nSPS) is 16.3. The van der Waals surface area contributed by atoms with Gasteiger partial charge in [-0.3, -0.25) is 0 Å². The third kappa shape index (κ3) is 4.99. The summed E-state index contributed by atoms with van der Waals surface area (Å²) >= 11 is 0. The summed E-state index contributed by atoms with van der Waals surface area (Å²) in [5, 5.41) is 0. The van der Waals surface area contributed by atoms with Gasteiger partial charge in [0.1, 0.15) is 17.7 Å². The number of piperidine rings is 1. The summed E-state index contributed by atoms with van der Waals surface area (Å²) in [6, 6.07) is 8.39. The summed E-state index contributed by atoms with van der Waals surface area (Å²) in [4.78, 5) is 8.82. The molecule has 0 amide bonds. The Morgan fingerprint density at radius 1 is 1.07 bits per heavy atom. The van der Waals surface area contributed by atoms with E-state index in [9.17, 15) is 8.42 Å². The maximum atomic E-state index is 12.9. The van der Waals surface area contributed by atoms with Crippen LogP contribution in [0.3, 0.4) is 0 Å². The predicted molar refractivity (Wildman–Crippen MR) is 106 cm³/mol. The van der Waals surface area contributed by atoms with Gasteiger partial charge in [-0.25, -0.2) is 13.4 Å². The van der Waals surface area contributed by atoms with Crippen molar-refractivity contribution < 1.29 is 17.9 Å². The lowest BCUT2D eigenvalue weighted by Crippen LogP contribution is -2.41. The summed E-state index contributed by atoms with van der Waals surface area (Å²) in [6.45, 7) is 8.42. The third-order valence-corrected chi connectivity index (χ3v) is 6.38. The average molecular weight is 406 g/mol. The fraction of sp³-hybridized carbons (Fsp3) is 0.500. The zero-order valence-corrected chi connectivity index (χ0v) is 17.6. The second-order valence-electron chi connectivity index (χ2n) is 7.25. The van der Waals surface area contributed by atoms with Gasteiger partial charge in [0.25, 0.3) is 0 Å². The second-order valence-corrected chi connectivity index (χ2v) is 9.19. The molecule has 1 fully saturated rings. The first-order valence-electron chi connectivity index (χ1n) is 9.50. The van der Waals surface area contributed by atoms with E-state index in [0.717, 1.165) is 5.69 Å². The summed E-state index contributed by atoms with van der Waals surface area (Å²) in [6.07, 6.45) is 1.23. The van der Waals surface area contributed by atoms with Crippen molar-refractivity contribution in [1.82, 2.24) is 14.3 Å². The average Bonchev–Trinajstić information content (AvgIpc) is 2.61. The smallest absolute Gasteiger partial charge is 0.243 e. The molecule has 0 N–H and O–H groups in total. The van der Waals surface area contributed by atoms with Gasteiger partial charge in [-0.2, -0.15) is 9.29 Å². The van der Waals surface area contributed by atoms with Crippen molar-refractivity contribution in [2.24, 2.45) is 0 Å². The van der Waals surface area contributed by atoms with E-state index in [-0.39, 0.29) is 17.1 Å². The molecule has 1 aliphatic heterocycles. The van der Waals surface area contributed by atoms with Gasteiger partial charge in [-0.15, -0.1) is 0 Å². The molecule has 0 saturated carbocycles. The number of ether oxygens (including phenoxy) is 2. The molecule has 0 aliphatic carbocycles. The van der Waals surface area contributed by atoms with E-state index in [1.807, 2.05) is 27.7 Å². The molecule has 0 spiro atoms. The first-order chi connectivity index (χ1) is 13.2. The highest BCUT2D eigenvalue weighted by atomic mass is 32.2. The van der Waals surface area contributed by atoms with Crippen molar-refractivity contribution in [2.45, 2.75) is 57.6 Å². The van der Waals surface area contributed by atoms with Crippen LogP contribution >= 0.6 is 0 Å². The third-order valence-electron chi connectivity index (χ3n) is 4.46. The lowest BCUT2D eigenvalue weighted by molar-refractivity contribution is 0.129. The van der Waals surface area contributed by atoms with Crippen molar-refractivity contribution in [3.8, 4) is 11.6 Å². The number of nitrogens with zero attached hydrogens (tertiary/aromatic N) is 3. The van der Waals surface area contributed by atoms with Crippen LogP contribution in [-0.4, -0.2) is 48.0 Å². The van der Waals surface area contributed by atoms with Gasteiger partial charge in [0.05, 0.1) is 11.0 Å². The van der Waals surface area contributed by atoms with Crippen molar-refractivity contribution in [2.75, 3.05) is 13.1 Å². The maximum absolute atomic E-state index is 12.9. The molecule has 0 atom stereocenters. The van der Waals surface area contributed by atoms with Crippen molar-refractivity contribution in [3.63, 3.8) is 0 Å². The van der Waals surface area contributed by atoms with Crippen LogP contribution in [0.25, 0.3) is 0 Å². The van der Waals surface area contributed by atoms with Crippen LogP contribution in [0.15, 0.2) is 35.2 Å². The van der Waals surface area contributed by atoms with E-state index >= 15 is 0 Å². The monoisotopic (exact) mass is 405 g/mol. The fourth-order valence-corrected chi connectivity index (χ4v) is 4.69. The minimum absolute atomic E-state index is 0.0453. The van der Waals surface area contributed by atoms with Gasteiger partial charge in [-0.1, -0.05) is 0 Å². The summed E-state index contributed by atoms with van der Waals surface area (Å²) in [5.41, 5.74) is 0.854. The second kappa shape index (κ2) is 8.45. The molecule has 1 saturated heterocycles. The molecule has 2 aromatic rings. The van der Waals surface area contributed by atoms with Crippen molar-refractivity contribution in [3.05, 3.63) is 41.9 Å². The Labute approximate surface area is 166 Å². The van der Waals surface area contributed by atoms with E-state index in [4.69, 9.17) is 9.47 Å². The molecule has 0 radical (unpaired) electrons. The Kier molecular flexibility index (Phi) is 6.20. The molecule has 152 valence electrons. The lowest BCUT2D eigenvalue weighted by Gasteiger charge is -2.31. The molecule has 1 aromatic heterocycles. The number of sulfonamides is 1. The highest BCUT2D eigenvalue weighted by Gasteiger charge is 2.30. The zero-order chi connectivity index (χ0) is 20.3. The molecular formula is C20H27N3O4S. The standard InChI is InChI=1S/C20H27N3O4S/c1-14(2)26-17-5-7-19(8-6-17)28(24,25)23-11-9-18(10-12-23)27-20-13-15(3)21-16(4)22-20/h5-8,13-14,18H,9-12H2,1-4H3. The molecule has 8 heteroatoms. The number of hydrogen-bond donors (Lipinski definition) is 0. The molecule has 7 nitrogen and oxygen atoms in total. The Balaban J connectivity index is 1.61. The number of aryl methyl sites for hydroxylation is 2. The molecule has 3 rings (SSSR count). The fourth-order valence-electron chi connectivity index (χ4n) is 3.22. The molecule has 0 bridgehead atoms. The topological polar surface area (TPSA) is 81.6 Å². The molecule has 0 unspecified atom stereocenters. The van der Waals surface area contributed by atoms with Crippen LogP contribution in [0.5, 0.6) is 11.6 Å². The van der Waals surface area contributed by atoms with Gasteiger partial charge in [0, 0.05) is 24.8 Å². The number of hydrogen-bond acceptors (Lipinski definition) is 6. The molecular weight excluding hydrogens is 378 g/mol. The SMILES string of the molecule is Cc1cc(OC2CCN(S(=O)(=O)c3ccc(OC(C)C)cc3)CC2)nc(C)n1. The minimum atomic E-state index is -3.52. The van der Waals surface area contributed by atoms with Gasteiger partial charge >= 0.3 is 0 Å². The number of aromatic nitrogens is 2. The van der Waals surface area contributed by atoms with E-state index in [2.05, 4.69) is 9.97 Å². The maximum Gasteiger partial charge on any atom is 0.243 e. The summed E-state index contributed by atoms with van der Waals surface area (Å²) < 4.78 is 38.8. The quantitative estimate of drug-likeness (QED) is 0.734. The van der Waals surface area contributed by atoms with Crippen molar-refractivity contribution in [1.29, 1.82) is 0 Å². The van der Waals surface area contributed by atoms with Crippen LogP contribution in [0.4, 0.5) is 0 Å². The number of benzene rings is 1. The van der Waals surface area contributed by atoms with Gasteiger partial charge in [0.15, 0.2) is 0 Å². The highest BCUT2D eigenvalue weighted by Crippen LogP contribution is 2.25. The minimum Gasteiger partial charge on any atom is -0.491 e. The van der Waals surface area contributed by atoms with E-state index in [1.165, 1.54) is 4.31 Å². The zero-order valence-electron chi connectivity index (χ0n) is 16.8. The van der Waals surface area contributed by atoms with Gasteiger partial charge in [-0.05, 0) is 64.8 Å². The van der Waals surface area contributed by atoms with Crippen LogP contribution in [-0.2, 0) is 10.0 Å². The number of rotatable bonds is 6.